The Balaban J connectivity index is 1.64. The Bertz CT molecular complexity index is 819. The van der Waals surface area contributed by atoms with Crippen LogP contribution in [0.5, 0.6) is 5.75 Å². The number of nitrogens with one attached hydrogen (secondary N) is 1. The van der Waals surface area contributed by atoms with E-state index in [1.807, 2.05) is 4.90 Å². The molecule has 1 aromatic heterocycles. The van der Waals surface area contributed by atoms with Crippen molar-refractivity contribution in [2.24, 2.45) is 0 Å². The van der Waals surface area contributed by atoms with Gasteiger partial charge in [-0.2, -0.15) is 0 Å². The normalized spacial score (nSPS) is 13.7. The van der Waals surface area contributed by atoms with Crippen molar-refractivity contribution in [1.82, 2.24) is 9.88 Å². The summed E-state index contributed by atoms with van der Waals surface area (Å²) in [5.41, 5.74) is 1.12. The average molecular weight is 384 g/mol. The molecule has 148 valence electrons. The number of nitrogens with zero attached hydrogens (tertiary/aromatic N) is 3. The van der Waals surface area contributed by atoms with Crippen LogP contribution >= 0.6 is 0 Å². The third-order valence-electron chi connectivity index (χ3n) is 4.43. The summed E-state index contributed by atoms with van der Waals surface area (Å²) in [5, 5.41) is 2.78. The van der Waals surface area contributed by atoms with Gasteiger partial charge < -0.3 is 24.6 Å². The maximum absolute atomic E-state index is 12.9. The Morgan fingerprint density at radius 2 is 1.93 bits per heavy atom. The summed E-state index contributed by atoms with van der Waals surface area (Å²) >= 11 is 0. The van der Waals surface area contributed by atoms with Crippen LogP contribution in [0.25, 0.3) is 0 Å². The van der Waals surface area contributed by atoms with Crippen LogP contribution in [-0.2, 0) is 9.53 Å². The summed E-state index contributed by atoms with van der Waals surface area (Å²) in [4.78, 5) is 33.0. The summed E-state index contributed by atoms with van der Waals surface area (Å²) in [6, 6.07) is 10.5. The smallest absolute Gasteiger partial charge is 0.257 e. The Morgan fingerprint density at radius 3 is 2.61 bits per heavy atom. The van der Waals surface area contributed by atoms with Gasteiger partial charge in [0.2, 0.25) is 5.91 Å². The van der Waals surface area contributed by atoms with E-state index in [2.05, 4.69) is 10.3 Å². The Labute approximate surface area is 164 Å². The number of ether oxygens (including phenoxy) is 2. The highest BCUT2D eigenvalue weighted by atomic mass is 16.5. The van der Waals surface area contributed by atoms with Gasteiger partial charge in [0.05, 0.1) is 32.4 Å². The van der Waals surface area contributed by atoms with Gasteiger partial charge in [-0.15, -0.1) is 0 Å². The number of aromatic nitrogens is 1. The van der Waals surface area contributed by atoms with E-state index in [0.29, 0.717) is 49.1 Å². The second-order valence-corrected chi connectivity index (χ2v) is 6.41. The lowest BCUT2D eigenvalue weighted by molar-refractivity contribution is -0.116. The van der Waals surface area contributed by atoms with E-state index in [1.165, 1.54) is 4.90 Å². The summed E-state index contributed by atoms with van der Waals surface area (Å²) in [7, 11) is 3.18. The molecule has 1 N–H and O–H groups in total. The highest BCUT2D eigenvalue weighted by molar-refractivity contribution is 6.02. The van der Waals surface area contributed by atoms with Crippen LogP contribution in [0.3, 0.4) is 0 Å². The van der Waals surface area contributed by atoms with Crippen molar-refractivity contribution < 1.29 is 19.1 Å². The first-order valence-corrected chi connectivity index (χ1v) is 9.05. The van der Waals surface area contributed by atoms with Crippen LogP contribution < -0.4 is 15.0 Å². The number of hydrogen-bond acceptors (Lipinski definition) is 6. The molecule has 8 heteroatoms. The molecule has 28 heavy (non-hydrogen) atoms. The summed E-state index contributed by atoms with van der Waals surface area (Å²) < 4.78 is 10.5. The zero-order valence-electron chi connectivity index (χ0n) is 16.1. The van der Waals surface area contributed by atoms with Crippen molar-refractivity contribution in [2.45, 2.75) is 0 Å². The second kappa shape index (κ2) is 9.18. The van der Waals surface area contributed by atoms with Gasteiger partial charge in [0, 0.05) is 32.0 Å². The molecular formula is C20H24N4O4. The maximum atomic E-state index is 12.9. The fourth-order valence-electron chi connectivity index (χ4n) is 2.96. The average Bonchev–Trinajstić information content (AvgIpc) is 2.74. The van der Waals surface area contributed by atoms with Gasteiger partial charge in [-0.3, -0.25) is 9.59 Å². The van der Waals surface area contributed by atoms with Crippen LogP contribution in [0.15, 0.2) is 42.6 Å². The minimum atomic E-state index is -0.280. The number of carbonyl (C=O) groups is 2. The van der Waals surface area contributed by atoms with Crippen molar-refractivity contribution in [3.8, 4) is 5.75 Å². The number of hydrogen-bond donors (Lipinski definition) is 1. The molecule has 0 spiro atoms. The fraction of sp³-hybridized carbons (Fsp3) is 0.350. The first-order chi connectivity index (χ1) is 13.6. The van der Waals surface area contributed by atoms with Crippen LogP contribution in [0, 0.1) is 0 Å². The van der Waals surface area contributed by atoms with Gasteiger partial charge >= 0.3 is 0 Å². The highest BCUT2D eigenvalue weighted by Gasteiger charge is 2.23. The minimum absolute atomic E-state index is 0.0672. The molecule has 1 aliphatic heterocycles. The lowest BCUT2D eigenvalue weighted by Crippen LogP contribution is -2.40. The van der Waals surface area contributed by atoms with E-state index < -0.39 is 0 Å². The minimum Gasteiger partial charge on any atom is -0.497 e. The zero-order chi connectivity index (χ0) is 19.9. The molecule has 1 aromatic carbocycles. The maximum Gasteiger partial charge on any atom is 0.257 e. The molecule has 2 heterocycles. The van der Waals surface area contributed by atoms with Crippen molar-refractivity contribution in [3.63, 3.8) is 0 Å². The second-order valence-electron chi connectivity index (χ2n) is 6.41. The summed E-state index contributed by atoms with van der Waals surface area (Å²) in [5.74, 6) is 0.799. The van der Waals surface area contributed by atoms with E-state index >= 15 is 0 Å². The van der Waals surface area contributed by atoms with Crippen LogP contribution in [-0.4, -0.2) is 68.7 Å². The third kappa shape index (κ3) is 4.77. The summed E-state index contributed by atoms with van der Waals surface area (Å²) in [6.07, 6.45) is 1.66. The lowest BCUT2D eigenvalue weighted by atomic mass is 10.2. The molecule has 0 atom stereocenters. The number of methoxy groups -OCH3 is 1. The zero-order valence-corrected chi connectivity index (χ0v) is 16.1. The molecule has 0 aliphatic carbocycles. The molecule has 1 fully saturated rings. The number of benzene rings is 1. The number of amides is 2. The lowest BCUT2D eigenvalue weighted by Gasteiger charge is -2.29. The van der Waals surface area contributed by atoms with E-state index in [9.17, 15) is 9.59 Å². The number of morpholine rings is 1. The van der Waals surface area contributed by atoms with Crippen LogP contribution in [0.4, 0.5) is 11.5 Å². The Kier molecular flexibility index (Phi) is 6.44. The molecular weight excluding hydrogens is 360 g/mol. The number of carbonyl (C=O) groups excluding carboxylic acids is 2. The van der Waals surface area contributed by atoms with E-state index in [4.69, 9.17) is 9.47 Å². The molecule has 2 aromatic rings. The van der Waals surface area contributed by atoms with Gasteiger partial charge in [-0.25, -0.2) is 4.98 Å². The van der Waals surface area contributed by atoms with E-state index in [-0.39, 0.29) is 18.4 Å². The third-order valence-corrected chi connectivity index (χ3v) is 4.43. The van der Waals surface area contributed by atoms with Gasteiger partial charge in [-0.05, 0) is 36.4 Å². The van der Waals surface area contributed by atoms with Crippen molar-refractivity contribution in [1.29, 1.82) is 0 Å². The largest absolute Gasteiger partial charge is 0.497 e. The van der Waals surface area contributed by atoms with Crippen molar-refractivity contribution in [2.75, 3.05) is 57.2 Å². The van der Waals surface area contributed by atoms with Crippen LogP contribution in [0.2, 0.25) is 0 Å². The van der Waals surface area contributed by atoms with Crippen molar-refractivity contribution in [3.05, 3.63) is 48.2 Å². The van der Waals surface area contributed by atoms with Crippen molar-refractivity contribution >= 4 is 23.3 Å². The highest BCUT2D eigenvalue weighted by Crippen LogP contribution is 2.20. The number of anilines is 2. The molecule has 1 aliphatic rings. The Morgan fingerprint density at radius 1 is 1.21 bits per heavy atom. The predicted octanol–water partition coefficient (Wildman–Crippen LogP) is 1.64. The van der Waals surface area contributed by atoms with E-state index in [0.717, 1.165) is 0 Å². The first-order valence-electron chi connectivity index (χ1n) is 9.05. The molecule has 3 rings (SSSR count). The molecule has 0 unspecified atom stereocenters. The topological polar surface area (TPSA) is 84.0 Å². The molecule has 0 bridgehead atoms. The van der Waals surface area contributed by atoms with Crippen LogP contribution in [0.1, 0.15) is 10.4 Å². The van der Waals surface area contributed by atoms with E-state index in [1.54, 1.807) is 56.8 Å². The SMILES string of the molecule is COc1ccc(NC(=O)CN(C)C(=O)c2cccnc2N2CCOCC2)cc1. The fourth-order valence-corrected chi connectivity index (χ4v) is 2.96. The number of likely N-dealkylation sites (N-methyl/N-ethyl adjacent to an activating group) is 1. The predicted molar refractivity (Wildman–Crippen MR) is 106 cm³/mol. The molecule has 2 amide bonds. The van der Waals surface area contributed by atoms with Gasteiger partial charge in [0.1, 0.15) is 11.6 Å². The first kappa shape index (κ1) is 19.6. The number of pyridine rings is 1. The quantitative estimate of drug-likeness (QED) is 0.815. The van der Waals surface area contributed by atoms with Gasteiger partial charge in [0.25, 0.3) is 5.91 Å². The van der Waals surface area contributed by atoms with Gasteiger partial charge in [-0.1, -0.05) is 0 Å². The molecule has 0 saturated carbocycles. The molecule has 1 saturated heterocycles. The standard InChI is InChI=1S/C20H24N4O4/c1-23(14-18(25)22-15-5-7-16(27-2)8-6-15)20(26)17-4-3-9-21-19(17)24-10-12-28-13-11-24/h3-9H,10-14H2,1-2H3,(H,22,25). The Hall–Kier alpha value is -3.13. The molecule has 0 radical (unpaired) electrons. The van der Waals surface area contributed by atoms with Gasteiger partial charge in [0.15, 0.2) is 0 Å². The monoisotopic (exact) mass is 384 g/mol. The molecule has 8 nitrogen and oxygen atoms in total. The summed E-state index contributed by atoms with van der Waals surface area (Å²) in [6.45, 7) is 2.49. The number of rotatable bonds is 6.